The summed E-state index contributed by atoms with van der Waals surface area (Å²) in [5.41, 5.74) is 2.04. The molecule has 0 aliphatic carbocycles. The molecule has 1 aromatic heterocycles. The van der Waals surface area contributed by atoms with Gasteiger partial charge >= 0.3 is 0 Å². The molecule has 1 saturated heterocycles. The average molecular weight is 496 g/mol. The number of hydrogen-bond donors (Lipinski definition) is 2. The van der Waals surface area contributed by atoms with Crippen molar-refractivity contribution in [3.05, 3.63) is 59.9 Å². The topological polar surface area (TPSA) is 104 Å². The van der Waals surface area contributed by atoms with E-state index < -0.39 is 12.1 Å². The number of likely N-dealkylation sites (N-methyl/N-ethyl adjacent to an activating group) is 1. The van der Waals surface area contributed by atoms with E-state index in [-0.39, 0.29) is 17.7 Å². The fourth-order valence-corrected chi connectivity index (χ4v) is 4.22. The molecular formula is C27H37N5O4. The first-order valence-corrected chi connectivity index (χ1v) is 12.5. The largest absolute Gasteiger partial charge is 0.497 e. The van der Waals surface area contributed by atoms with Crippen LogP contribution in [0.3, 0.4) is 0 Å². The summed E-state index contributed by atoms with van der Waals surface area (Å²) < 4.78 is 5.21. The number of amides is 3. The van der Waals surface area contributed by atoms with Crippen molar-refractivity contribution in [3.8, 4) is 5.75 Å². The number of hydrogen-bond acceptors (Lipinski definition) is 6. The molecule has 0 unspecified atom stereocenters. The van der Waals surface area contributed by atoms with E-state index in [4.69, 9.17) is 4.74 Å². The molecule has 9 heteroatoms. The lowest BCUT2D eigenvalue weighted by molar-refractivity contribution is -0.141. The van der Waals surface area contributed by atoms with Crippen molar-refractivity contribution in [2.45, 2.75) is 51.2 Å². The lowest BCUT2D eigenvalue weighted by Gasteiger charge is -2.29. The Morgan fingerprint density at radius 3 is 2.39 bits per heavy atom. The Morgan fingerprint density at radius 2 is 1.69 bits per heavy atom. The number of rotatable bonds is 5. The van der Waals surface area contributed by atoms with Gasteiger partial charge in [0.15, 0.2) is 0 Å². The Morgan fingerprint density at radius 1 is 1.00 bits per heavy atom. The second kappa shape index (κ2) is 13.6. The number of pyridine rings is 1. The maximum absolute atomic E-state index is 13.4. The van der Waals surface area contributed by atoms with Crippen LogP contribution >= 0.6 is 0 Å². The van der Waals surface area contributed by atoms with Gasteiger partial charge in [-0.15, -0.1) is 0 Å². The molecule has 9 nitrogen and oxygen atoms in total. The highest BCUT2D eigenvalue weighted by molar-refractivity contribution is 5.92. The van der Waals surface area contributed by atoms with Crippen molar-refractivity contribution in [1.82, 2.24) is 25.4 Å². The van der Waals surface area contributed by atoms with Gasteiger partial charge in [-0.05, 0) is 61.7 Å². The van der Waals surface area contributed by atoms with Crippen molar-refractivity contribution in [2.24, 2.45) is 0 Å². The number of carbonyl (C=O) groups is 3. The average Bonchev–Trinajstić information content (AvgIpc) is 2.89. The summed E-state index contributed by atoms with van der Waals surface area (Å²) in [7, 11) is 3.20. The molecule has 2 heterocycles. The van der Waals surface area contributed by atoms with E-state index in [9.17, 15) is 14.4 Å². The Balaban J connectivity index is 1.74. The number of nitrogens with one attached hydrogen (secondary N) is 2. The summed E-state index contributed by atoms with van der Waals surface area (Å²) in [6, 6.07) is 9.93. The molecule has 1 fully saturated rings. The summed E-state index contributed by atoms with van der Waals surface area (Å²) in [5.74, 6) is 0.0351. The summed E-state index contributed by atoms with van der Waals surface area (Å²) in [5, 5.41) is 5.88. The Hall–Kier alpha value is -3.46. The number of ether oxygens (including phenoxy) is 1. The van der Waals surface area contributed by atoms with Gasteiger partial charge in [0.25, 0.3) is 0 Å². The highest BCUT2D eigenvalue weighted by Crippen LogP contribution is 2.15. The van der Waals surface area contributed by atoms with Crippen LogP contribution in [0.25, 0.3) is 0 Å². The molecule has 1 aromatic carbocycles. The van der Waals surface area contributed by atoms with Crippen LogP contribution in [-0.4, -0.2) is 78.4 Å². The third-order valence-corrected chi connectivity index (χ3v) is 6.52. The van der Waals surface area contributed by atoms with Crippen LogP contribution in [0.2, 0.25) is 0 Å². The van der Waals surface area contributed by atoms with E-state index in [1.165, 1.54) is 4.90 Å². The Labute approximate surface area is 213 Å². The number of methoxy groups -OCH3 is 1. The highest BCUT2D eigenvalue weighted by atomic mass is 16.5. The van der Waals surface area contributed by atoms with Gasteiger partial charge in [-0.2, -0.15) is 0 Å². The first kappa shape index (κ1) is 27.1. The first-order valence-electron chi connectivity index (χ1n) is 12.5. The number of benzene rings is 1. The fourth-order valence-electron chi connectivity index (χ4n) is 4.22. The van der Waals surface area contributed by atoms with Gasteiger partial charge in [0.05, 0.1) is 7.11 Å². The summed E-state index contributed by atoms with van der Waals surface area (Å²) in [4.78, 5) is 46.8. The molecule has 36 heavy (non-hydrogen) atoms. The van der Waals surface area contributed by atoms with Crippen molar-refractivity contribution in [2.75, 3.05) is 33.8 Å². The standard InChI is InChI=1S/C27H37N5O4/c1-20-26(34)29-13-5-17-32(19-22-11-14-28-15-12-22)16-4-6-25(33)30-24(27(35)31(20)2)18-21-7-9-23(36-3)10-8-21/h7-12,14-15,20,24H,4-6,13,16-19H2,1-3H3,(H,29,34)(H,30,33)/t20-,24-/m0/s1. The number of aromatic nitrogens is 1. The van der Waals surface area contributed by atoms with Crippen molar-refractivity contribution in [1.29, 1.82) is 0 Å². The van der Waals surface area contributed by atoms with Crippen LogP contribution in [0.5, 0.6) is 5.75 Å². The van der Waals surface area contributed by atoms with Crippen LogP contribution in [0.4, 0.5) is 0 Å². The molecule has 1 aliphatic rings. The molecule has 1 aliphatic heterocycles. The first-order chi connectivity index (χ1) is 17.4. The van der Waals surface area contributed by atoms with E-state index in [0.29, 0.717) is 25.8 Å². The van der Waals surface area contributed by atoms with Crippen molar-refractivity contribution < 1.29 is 19.1 Å². The molecular weight excluding hydrogens is 458 g/mol. The zero-order chi connectivity index (χ0) is 25.9. The SMILES string of the molecule is COc1ccc(C[C@@H]2NC(=O)CCCN(Cc3ccncc3)CCCNC(=O)[C@H](C)N(C)C2=O)cc1. The van der Waals surface area contributed by atoms with E-state index in [2.05, 4.69) is 20.5 Å². The van der Waals surface area contributed by atoms with Gasteiger partial charge < -0.3 is 20.3 Å². The van der Waals surface area contributed by atoms with Crippen LogP contribution in [-0.2, 0) is 27.3 Å². The summed E-state index contributed by atoms with van der Waals surface area (Å²) in [6.45, 7) is 4.48. The van der Waals surface area contributed by atoms with E-state index in [0.717, 1.165) is 42.9 Å². The second-order valence-electron chi connectivity index (χ2n) is 9.18. The number of nitrogens with zero attached hydrogens (tertiary/aromatic N) is 3. The molecule has 2 aromatic rings. The molecule has 0 saturated carbocycles. The minimum Gasteiger partial charge on any atom is -0.497 e. The van der Waals surface area contributed by atoms with Gasteiger partial charge in [0.1, 0.15) is 17.8 Å². The predicted molar refractivity (Wildman–Crippen MR) is 137 cm³/mol. The fraction of sp³-hybridized carbons (Fsp3) is 0.481. The quantitative estimate of drug-likeness (QED) is 0.655. The lowest BCUT2D eigenvalue weighted by atomic mass is 10.0. The zero-order valence-corrected chi connectivity index (χ0v) is 21.4. The third-order valence-electron chi connectivity index (χ3n) is 6.52. The molecule has 0 bridgehead atoms. The monoisotopic (exact) mass is 495 g/mol. The van der Waals surface area contributed by atoms with E-state index >= 15 is 0 Å². The van der Waals surface area contributed by atoms with E-state index in [1.807, 2.05) is 36.4 Å². The van der Waals surface area contributed by atoms with Crippen LogP contribution in [0, 0.1) is 0 Å². The normalized spacial score (nSPS) is 21.2. The van der Waals surface area contributed by atoms with Gasteiger partial charge in [0.2, 0.25) is 17.7 Å². The van der Waals surface area contributed by atoms with Gasteiger partial charge in [0, 0.05) is 51.9 Å². The maximum atomic E-state index is 13.4. The molecule has 3 amide bonds. The van der Waals surface area contributed by atoms with Gasteiger partial charge in [-0.3, -0.25) is 24.3 Å². The summed E-state index contributed by atoms with van der Waals surface area (Å²) >= 11 is 0. The molecule has 2 N–H and O–H groups in total. The Bertz CT molecular complexity index is 999. The second-order valence-corrected chi connectivity index (χ2v) is 9.18. The molecule has 2 atom stereocenters. The highest BCUT2D eigenvalue weighted by Gasteiger charge is 2.30. The zero-order valence-electron chi connectivity index (χ0n) is 21.4. The van der Waals surface area contributed by atoms with Crippen molar-refractivity contribution in [3.63, 3.8) is 0 Å². The summed E-state index contributed by atoms with van der Waals surface area (Å²) in [6.07, 6.45) is 5.62. The van der Waals surface area contributed by atoms with Crippen LogP contribution in [0.15, 0.2) is 48.8 Å². The van der Waals surface area contributed by atoms with Crippen molar-refractivity contribution >= 4 is 17.7 Å². The minimum absolute atomic E-state index is 0.175. The van der Waals surface area contributed by atoms with Gasteiger partial charge in [-0.1, -0.05) is 12.1 Å². The third kappa shape index (κ3) is 8.05. The smallest absolute Gasteiger partial charge is 0.245 e. The predicted octanol–water partition coefficient (Wildman–Crippen LogP) is 1.77. The molecule has 0 spiro atoms. The molecule has 194 valence electrons. The van der Waals surface area contributed by atoms with Gasteiger partial charge in [-0.25, -0.2) is 0 Å². The number of carbonyl (C=O) groups excluding carboxylic acids is 3. The lowest BCUT2D eigenvalue weighted by Crippen LogP contribution is -2.54. The molecule has 3 rings (SSSR count). The van der Waals surface area contributed by atoms with Crippen LogP contribution in [0.1, 0.15) is 37.3 Å². The minimum atomic E-state index is -0.774. The van der Waals surface area contributed by atoms with Crippen LogP contribution < -0.4 is 15.4 Å². The maximum Gasteiger partial charge on any atom is 0.245 e. The molecule has 0 radical (unpaired) electrons. The van der Waals surface area contributed by atoms with E-state index in [1.54, 1.807) is 33.5 Å². The Kier molecular flexibility index (Phi) is 10.2.